The van der Waals surface area contributed by atoms with Crippen molar-refractivity contribution >= 4 is 23.2 Å². The van der Waals surface area contributed by atoms with Gasteiger partial charge in [0.25, 0.3) is 0 Å². The average Bonchev–Trinajstić information content (AvgIpc) is 2.66. The molecule has 0 spiro atoms. The van der Waals surface area contributed by atoms with E-state index in [1.54, 1.807) is 6.07 Å². The lowest BCUT2D eigenvalue weighted by Gasteiger charge is -2.17. The number of benzene rings is 1. The van der Waals surface area contributed by atoms with Gasteiger partial charge in [0.15, 0.2) is 0 Å². The normalized spacial score (nSPS) is 11.4. The van der Waals surface area contributed by atoms with Crippen LogP contribution in [-0.2, 0) is 19.6 Å². The van der Waals surface area contributed by atoms with Crippen LogP contribution >= 0.6 is 23.2 Å². The summed E-state index contributed by atoms with van der Waals surface area (Å²) in [6.07, 6.45) is 0. The van der Waals surface area contributed by atoms with Crippen LogP contribution in [0.3, 0.4) is 0 Å². The largest absolute Gasteiger partial charge is 0.394 e. The molecule has 1 heterocycles. The van der Waals surface area contributed by atoms with Crippen molar-refractivity contribution < 1.29 is 5.11 Å². The maximum Gasteiger partial charge on any atom is 0.0644 e. The van der Waals surface area contributed by atoms with Gasteiger partial charge in [-0.1, -0.05) is 23.2 Å². The van der Waals surface area contributed by atoms with E-state index in [4.69, 9.17) is 28.3 Å². The molecular formula is C16H21Cl2N3O. The second-order valence-corrected chi connectivity index (χ2v) is 6.42. The smallest absolute Gasteiger partial charge is 0.0644 e. The molecule has 0 atom stereocenters. The number of aliphatic hydroxyl groups excluding tert-OH is 1. The Morgan fingerprint density at radius 3 is 2.36 bits per heavy atom. The predicted octanol–water partition coefficient (Wildman–Crippen LogP) is 3.43. The van der Waals surface area contributed by atoms with Gasteiger partial charge in [0, 0.05) is 34.4 Å². The molecule has 22 heavy (non-hydrogen) atoms. The summed E-state index contributed by atoms with van der Waals surface area (Å²) >= 11 is 12.1. The van der Waals surface area contributed by atoms with Gasteiger partial charge >= 0.3 is 0 Å². The van der Waals surface area contributed by atoms with Crippen LogP contribution in [0.4, 0.5) is 0 Å². The van der Waals surface area contributed by atoms with Crippen LogP contribution in [-0.4, -0.2) is 33.4 Å². The third-order valence-corrected chi connectivity index (χ3v) is 4.08. The Morgan fingerprint density at radius 1 is 1.14 bits per heavy atom. The number of hydrogen-bond donors (Lipinski definition) is 1. The van der Waals surface area contributed by atoms with E-state index in [0.717, 1.165) is 30.0 Å². The maximum atomic E-state index is 9.08. The first-order valence-electron chi connectivity index (χ1n) is 7.18. The van der Waals surface area contributed by atoms with Gasteiger partial charge in [-0.2, -0.15) is 5.10 Å². The minimum Gasteiger partial charge on any atom is -0.394 e. The van der Waals surface area contributed by atoms with Crippen molar-refractivity contribution in [2.75, 3.05) is 13.7 Å². The molecule has 2 rings (SSSR count). The number of rotatable bonds is 6. The SMILES string of the molecule is Cc1nn(CCO)c(C)c1CN(C)Cc1cc(Cl)cc(Cl)c1. The summed E-state index contributed by atoms with van der Waals surface area (Å²) in [5.41, 5.74) is 4.38. The molecule has 4 nitrogen and oxygen atoms in total. The molecule has 0 amide bonds. The van der Waals surface area contributed by atoms with Gasteiger partial charge in [0.2, 0.25) is 0 Å². The van der Waals surface area contributed by atoms with Gasteiger partial charge in [-0.05, 0) is 44.7 Å². The van der Waals surface area contributed by atoms with E-state index >= 15 is 0 Å². The van der Waals surface area contributed by atoms with Gasteiger partial charge in [0.1, 0.15) is 0 Å². The van der Waals surface area contributed by atoms with Crippen LogP contribution in [0.2, 0.25) is 10.0 Å². The van der Waals surface area contributed by atoms with Crippen LogP contribution in [0.5, 0.6) is 0 Å². The quantitative estimate of drug-likeness (QED) is 0.874. The molecule has 0 aliphatic heterocycles. The summed E-state index contributed by atoms with van der Waals surface area (Å²) in [7, 11) is 2.05. The van der Waals surface area contributed by atoms with E-state index in [2.05, 4.69) is 17.0 Å². The second-order valence-electron chi connectivity index (χ2n) is 5.55. The molecule has 2 aromatic rings. The average molecular weight is 342 g/mol. The summed E-state index contributed by atoms with van der Waals surface area (Å²) in [4.78, 5) is 2.20. The topological polar surface area (TPSA) is 41.3 Å². The molecule has 0 radical (unpaired) electrons. The monoisotopic (exact) mass is 341 g/mol. The zero-order chi connectivity index (χ0) is 16.3. The minimum atomic E-state index is 0.0955. The number of aliphatic hydroxyl groups is 1. The number of nitrogens with zero attached hydrogens (tertiary/aromatic N) is 3. The van der Waals surface area contributed by atoms with Crippen molar-refractivity contribution in [3.63, 3.8) is 0 Å². The first-order chi connectivity index (χ1) is 10.4. The zero-order valence-electron chi connectivity index (χ0n) is 13.1. The molecule has 0 saturated heterocycles. The molecular weight excluding hydrogens is 321 g/mol. The van der Waals surface area contributed by atoms with Gasteiger partial charge in [-0.25, -0.2) is 0 Å². The highest BCUT2D eigenvalue weighted by atomic mass is 35.5. The van der Waals surface area contributed by atoms with E-state index in [0.29, 0.717) is 16.6 Å². The molecule has 0 saturated carbocycles. The van der Waals surface area contributed by atoms with Gasteiger partial charge in [-0.15, -0.1) is 0 Å². The first-order valence-corrected chi connectivity index (χ1v) is 7.93. The predicted molar refractivity (Wildman–Crippen MR) is 90.4 cm³/mol. The Kier molecular flexibility index (Phi) is 5.87. The lowest BCUT2D eigenvalue weighted by molar-refractivity contribution is 0.267. The molecule has 1 N–H and O–H groups in total. The lowest BCUT2D eigenvalue weighted by atomic mass is 10.1. The highest BCUT2D eigenvalue weighted by Crippen LogP contribution is 2.21. The Balaban J connectivity index is 2.10. The first kappa shape index (κ1) is 17.3. The fourth-order valence-corrected chi connectivity index (χ4v) is 3.19. The third-order valence-electron chi connectivity index (χ3n) is 3.65. The number of halogens is 2. The van der Waals surface area contributed by atoms with Crippen LogP contribution in [0.25, 0.3) is 0 Å². The fourth-order valence-electron chi connectivity index (χ4n) is 2.61. The molecule has 0 fully saturated rings. The summed E-state index contributed by atoms with van der Waals surface area (Å²) < 4.78 is 1.86. The van der Waals surface area contributed by atoms with E-state index < -0.39 is 0 Å². The zero-order valence-corrected chi connectivity index (χ0v) is 14.6. The van der Waals surface area contributed by atoms with E-state index in [9.17, 15) is 0 Å². The minimum absolute atomic E-state index is 0.0955. The van der Waals surface area contributed by atoms with Crippen LogP contribution in [0.15, 0.2) is 18.2 Å². The van der Waals surface area contributed by atoms with Crippen molar-refractivity contribution in [3.05, 3.63) is 50.8 Å². The Morgan fingerprint density at radius 2 is 1.77 bits per heavy atom. The molecule has 0 aliphatic carbocycles. The van der Waals surface area contributed by atoms with Crippen molar-refractivity contribution in [1.82, 2.24) is 14.7 Å². The number of aromatic nitrogens is 2. The maximum absolute atomic E-state index is 9.08. The van der Waals surface area contributed by atoms with Crippen LogP contribution in [0, 0.1) is 13.8 Å². The molecule has 1 aromatic carbocycles. The highest BCUT2D eigenvalue weighted by molar-refractivity contribution is 6.34. The van der Waals surface area contributed by atoms with E-state index in [-0.39, 0.29) is 6.61 Å². The summed E-state index contributed by atoms with van der Waals surface area (Å²) in [5, 5.41) is 14.9. The van der Waals surface area contributed by atoms with Crippen LogP contribution < -0.4 is 0 Å². The van der Waals surface area contributed by atoms with Crippen molar-refractivity contribution in [1.29, 1.82) is 0 Å². The van der Waals surface area contributed by atoms with Crippen LogP contribution in [0.1, 0.15) is 22.5 Å². The summed E-state index contributed by atoms with van der Waals surface area (Å²) in [6.45, 7) is 6.20. The lowest BCUT2D eigenvalue weighted by Crippen LogP contribution is -2.18. The third kappa shape index (κ3) is 4.23. The standard InChI is InChI=1S/C16H21Cl2N3O/c1-11-16(12(2)21(19-11)4-5-22)10-20(3)9-13-6-14(17)8-15(18)7-13/h6-8,22H,4-5,9-10H2,1-3H3. The Bertz CT molecular complexity index is 635. The molecule has 1 aromatic heterocycles. The van der Waals surface area contributed by atoms with Gasteiger partial charge < -0.3 is 5.11 Å². The van der Waals surface area contributed by atoms with Crippen molar-refractivity contribution in [3.8, 4) is 0 Å². The Hall–Kier alpha value is -1.07. The van der Waals surface area contributed by atoms with Crippen molar-refractivity contribution in [2.45, 2.75) is 33.5 Å². The van der Waals surface area contributed by atoms with Gasteiger partial charge in [-0.3, -0.25) is 9.58 Å². The van der Waals surface area contributed by atoms with E-state index in [1.807, 2.05) is 30.7 Å². The van der Waals surface area contributed by atoms with E-state index in [1.165, 1.54) is 5.56 Å². The molecule has 0 bridgehead atoms. The number of hydrogen-bond acceptors (Lipinski definition) is 3. The van der Waals surface area contributed by atoms with Gasteiger partial charge in [0.05, 0.1) is 18.8 Å². The van der Waals surface area contributed by atoms with Crippen molar-refractivity contribution in [2.24, 2.45) is 0 Å². The summed E-state index contributed by atoms with van der Waals surface area (Å²) in [6, 6.07) is 5.59. The second kappa shape index (κ2) is 7.47. The summed E-state index contributed by atoms with van der Waals surface area (Å²) in [5.74, 6) is 0. The molecule has 120 valence electrons. The molecule has 6 heteroatoms. The molecule has 0 aliphatic rings. The fraction of sp³-hybridized carbons (Fsp3) is 0.438. The Labute approximate surface area is 141 Å². The highest BCUT2D eigenvalue weighted by Gasteiger charge is 2.13. The molecule has 0 unspecified atom stereocenters. The number of aryl methyl sites for hydroxylation is 1.